The van der Waals surface area contributed by atoms with Crippen LogP contribution < -0.4 is 0 Å². The molecule has 0 atom stereocenters. The molecule has 1 aromatic heterocycles. The average molecular weight is 259 g/mol. The van der Waals surface area contributed by atoms with E-state index in [0.29, 0.717) is 5.56 Å². The predicted molar refractivity (Wildman–Crippen MR) is 68.1 cm³/mol. The number of benzene rings is 1. The Balaban J connectivity index is 2.15. The van der Waals surface area contributed by atoms with Gasteiger partial charge in [-0.25, -0.2) is 0 Å². The van der Waals surface area contributed by atoms with Crippen molar-refractivity contribution in [1.82, 2.24) is 4.57 Å². The summed E-state index contributed by atoms with van der Waals surface area (Å²) in [4.78, 5) is 23.9. The quantitative estimate of drug-likeness (QED) is 0.669. The van der Waals surface area contributed by atoms with Crippen molar-refractivity contribution < 1.29 is 19.4 Å². The lowest BCUT2D eigenvalue weighted by atomic mass is 9.78. The summed E-state index contributed by atoms with van der Waals surface area (Å²) >= 11 is 0. The van der Waals surface area contributed by atoms with Crippen LogP contribution in [-0.2, 0) is 16.6 Å². The van der Waals surface area contributed by atoms with Crippen molar-refractivity contribution in [2.75, 3.05) is 13.2 Å². The van der Waals surface area contributed by atoms with Gasteiger partial charge in [0.15, 0.2) is 11.2 Å². The van der Waals surface area contributed by atoms with Crippen molar-refractivity contribution in [2.24, 2.45) is 12.5 Å². The van der Waals surface area contributed by atoms with E-state index in [4.69, 9.17) is 4.74 Å². The number of ether oxygens (including phenoxy) is 1. The molecule has 0 saturated carbocycles. The number of ketones is 1. The number of carbonyl (C=O) groups is 2. The lowest BCUT2D eigenvalue weighted by Gasteiger charge is -2.35. The number of Topliss-reactive ketones (excluding diaryl/α,β-unsaturated/α-hetero) is 1. The molecule has 1 aliphatic heterocycles. The van der Waals surface area contributed by atoms with Gasteiger partial charge < -0.3 is 14.4 Å². The number of hydrogen-bond acceptors (Lipinski definition) is 3. The van der Waals surface area contributed by atoms with Crippen LogP contribution in [0.5, 0.6) is 0 Å². The third kappa shape index (κ3) is 1.51. The first-order chi connectivity index (χ1) is 9.06. The molecular weight excluding hydrogens is 246 g/mol. The van der Waals surface area contributed by atoms with Gasteiger partial charge in [-0.15, -0.1) is 0 Å². The molecule has 1 aliphatic rings. The SMILES string of the molecule is Cn1cc(C(=O)C2(C(=O)O)COC2)c2ccccc21. The van der Waals surface area contributed by atoms with Crippen LogP contribution in [0.4, 0.5) is 0 Å². The average Bonchev–Trinajstić information content (AvgIpc) is 2.65. The van der Waals surface area contributed by atoms with E-state index in [1.54, 1.807) is 6.20 Å². The molecule has 3 rings (SSSR count). The first kappa shape index (κ1) is 11.9. The van der Waals surface area contributed by atoms with E-state index in [1.165, 1.54) is 0 Å². The fourth-order valence-electron chi connectivity index (χ4n) is 2.44. The van der Waals surface area contributed by atoms with Crippen molar-refractivity contribution in [3.05, 3.63) is 36.0 Å². The van der Waals surface area contributed by atoms with E-state index in [2.05, 4.69) is 0 Å². The molecule has 5 heteroatoms. The first-order valence-corrected chi connectivity index (χ1v) is 5.96. The monoisotopic (exact) mass is 259 g/mol. The van der Waals surface area contributed by atoms with E-state index in [1.807, 2.05) is 35.9 Å². The molecule has 1 saturated heterocycles. The van der Waals surface area contributed by atoms with Gasteiger partial charge in [0.2, 0.25) is 0 Å². The Kier molecular flexibility index (Phi) is 2.46. The maximum absolute atomic E-state index is 12.5. The lowest BCUT2D eigenvalue weighted by molar-refractivity contribution is -0.168. The van der Waals surface area contributed by atoms with Crippen molar-refractivity contribution in [2.45, 2.75) is 0 Å². The second-order valence-corrected chi connectivity index (χ2v) is 4.88. The standard InChI is InChI=1S/C14H13NO4/c1-15-6-10(9-4-2-3-5-11(9)15)12(16)14(13(17)18)7-19-8-14/h2-6H,7-8H2,1H3,(H,17,18). The number of carbonyl (C=O) groups excluding carboxylic acids is 1. The Morgan fingerprint density at radius 2 is 2.00 bits per heavy atom. The summed E-state index contributed by atoms with van der Waals surface area (Å²) in [5, 5.41) is 10.1. The van der Waals surface area contributed by atoms with Gasteiger partial charge in [0.05, 0.1) is 13.2 Å². The topological polar surface area (TPSA) is 68.5 Å². The molecule has 0 amide bonds. The van der Waals surface area contributed by atoms with Gasteiger partial charge in [-0.1, -0.05) is 18.2 Å². The number of carboxylic acids is 1. The van der Waals surface area contributed by atoms with Crippen LogP contribution in [0.1, 0.15) is 10.4 Å². The van der Waals surface area contributed by atoms with Crippen molar-refractivity contribution in [1.29, 1.82) is 0 Å². The number of aromatic nitrogens is 1. The minimum atomic E-state index is -1.41. The van der Waals surface area contributed by atoms with Crippen LogP contribution in [0.2, 0.25) is 0 Å². The summed E-state index contributed by atoms with van der Waals surface area (Å²) in [6.07, 6.45) is 1.69. The largest absolute Gasteiger partial charge is 0.480 e. The van der Waals surface area contributed by atoms with Gasteiger partial charge >= 0.3 is 5.97 Å². The minimum absolute atomic E-state index is 0.0512. The van der Waals surface area contributed by atoms with E-state index in [-0.39, 0.29) is 19.0 Å². The van der Waals surface area contributed by atoms with Gasteiger partial charge in [0.25, 0.3) is 0 Å². The summed E-state index contributed by atoms with van der Waals surface area (Å²) in [6.45, 7) is -0.102. The second-order valence-electron chi connectivity index (χ2n) is 4.88. The van der Waals surface area contributed by atoms with Gasteiger partial charge in [0.1, 0.15) is 0 Å². The molecule has 1 N–H and O–H groups in total. The van der Waals surface area contributed by atoms with Crippen molar-refractivity contribution in [3.8, 4) is 0 Å². The van der Waals surface area contributed by atoms with Gasteiger partial charge in [-0.05, 0) is 6.07 Å². The molecule has 2 aromatic rings. The Bertz CT molecular complexity index is 682. The zero-order valence-electron chi connectivity index (χ0n) is 10.4. The van der Waals surface area contributed by atoms with Crippen LogP contribution in [0.15, 0.2) is 30.5 Å². The number of carboxylic acid groups (broad SMARTS) is 1. The molecule has 1 aromatic carbocycles. The van der Waals surface area contributed by atoms with Gasteiger partial charge in [-0.2, -0.15) is 0 Å². The molecule has 2 heterocycles. The minimum Gasteiger partial charge on any atom is -0.480 e. The highest BCUT2D eigenvalue weighted by Gasteiger charge is 2.53. The Hall–Kier alpha value is -2.14. The van der Waals surface area contributed by atoms with Crippen molar-refractivity contribution >= 4 is 22.7 Å². The smallest absolute Gasteiger partial charge is 0.322 e. The number of rotatable bonds is 3. The van der Waals surface area contributed by atoms with Crippen LogP contribution in [0.3, 0.4) is 0 Å². The van der Waals surface area contributed by atoms with E-state index >= 15 is 0 Å². The normalized spacial score (nSPS) is 17.1. The lowest BCUT2D eigenvalue weighted by Crippen LogP contribution is -2.54. The number of hydrogen-bond donors (Lipinski definition) is 1. The molecule has 0 spiro atoms. The summed E-state index contributed by atoms with van der Waals surface area (Å²) in [5.41, 5.74) is -0.0557. The molecule has 0 aliphatic carbocycles. The third-order valence-corrected chi connectivity index (χ3v) is 3.68. The van der Waals surface area contributed by atoms with E-state index in [9.17, 15) is 14.7 Å². The molecular formula is C14H13NO4. The summed E-state index contributed by atoms with van der Waals surface area (Å²) < 4.78 is 6.78. The van der Waals surface area contributed by atoms with Crippen LogP contribution in [0.25, 0.3) is 10.9 Å². The van der Waals surface area contributed by atoms with Crippen LogP contribution >= 0.6 is 0 Å². The first-order valence-electron chi connectivity index (χ1n) is 5.96. The fraction of sp³-hybridized carbons (Fsp3) is 0.286. The molecule has 1 fully saturated rings. The van der Waals surface area contributed by atoms with Crippen LogP contribution in [0, 0.1) is 5.41 Å². The maximum atomic E-state index is 12.5. The predicted octanol–water partition coefficient (Wildman–Crippen LogP) is 1.46. The number of aliphatic carboxylic acids is 1. The highest BCUT2D eigenvalue weighted by molar-refractivity contribution is 6.18. The Labute approximate surface area is 109 Å². The fourth-order valence-corrected chi connectivity index (χ4v) is 2.44. The summed E-state index contributed by atoms with van der Waals surface area (Å²) in [6, 6.07) is 7.45. The second kappa shape index (κ2) is 3.93. The van der Waals surface area contributed by atoms with E-state index < -0.39 is 11.4 Å². The van der Waals surface area contributed by atoms with E-state index in [0.717, 1.165) is 10.9 Å². The number of nitrogens with zero attached hydrogens (tertiary/aromatic N) is 1. The molecule has 98 valence electrons. The van der Waals surface area contributed by atoms with Gasteiger partial charge in [-0.3, -0.25) is 9.59 Å². The Morgan fingerprint density at radius 3 is 2.58 bits per heavy atom. The van der Waals surface area contributed by atoms with Gasteiger partial charge in [0, 0.05) is 29.7 Å². The van der Waals surface area contributed by atoms with Crippen molar-refractivity contribution in [3.63, 3.8) is 0 Å². The van der Waals surface area contributed by atoms with Crippen LogP contribution in [-0.4, -0.2) is 34.6 Å². The molecule has 5 nitrogen and oxygen atoms in total. The maximum Gasteiger partial charge on any atom is 0.322 e. The molecule has 19 heavy (non-hydrogen) atoms. The zero-order chi connectivity index (χ0) is 13.6. The summed E-state index contributed by atoms with van der Waals surface area (Å²) in [5.74, 6) is -1.49. The number of aryl methyl sites for hydroxylation is 1. The highest BCUT2D eigenvalue weighted by Crippen LogP contribution is 2.34. The molecule has 0 bridgehead atoms. The number of para-hydroxylation sites is 1. The third-order valence-electron chi connectivity index (χ3n) is 3.68. The number of fused-ring (bicyclic) bond motifs is 1. The molecule has 0 radical (unpaired) electrons. The summed E-state index contributed by atoms with van der Waals surface area (Å²) in [7, 11) is 1.84. The highest BCUT2D eigenvalue weighted by atomic mass is 16.5. The molecule has 0 unspecified atom stereocenters. The zero-order valence-corrected chi connectivity index (χ0v) is 10.4. The Morgan fingerprint density at radius 1 is 1.32 bits per heavy atom.